The lowest BCUT2D eigenvalue weighted by Crippen LogP contribution is -2.08. The fourth-order valence-corrected chi connectivity index (χ4v) is 1.27. The maximum atomic E-state index is 11.2. The largest absolute Gasteiger partial charge is 0.465 e. The first-order valence-electron chi connectivity index (χ1n) is 4.63. The third kappa shape index (κ3) is 3.38. The Balaban J connectivity index is 2.52. The lowest BCUT2D eigenvalue weighted by atomic mass is 10.1. The molecule has 0 unspecified atom stereocenters. The zero-order valence-corrected chi connectivity index (χ0v) is 8.88. The second-order valence-electron chi connectivity index (χ2n) is 2.99. The van der Waals surface area contributed by atoms with Crippen LogP contribution < -0.4 is 0 Å². The highest BCUT2D eigenvalue weighted by Gasteiger charge is 2.06. The Labute approximate surface area is 88.8 Å². The van der Waals surface area contributed by atoms with E-state index in [4.69, 9.17) is 16.3 Å². The molecular formula is C11H13ClO2. The Bertz CT molecular complexity index is 310. The summed E-state index contributed by atoms with van der Waals surface area (Å²) in [6.07, 6.45) is 1.09. The number of esters is 1. The SMILES string of the molecule is CCCOC(=O)Cc1ccccc1Cl. The maximum absolute atomic E-state index is 11.2. The molecule has 0 aliphatic rings. The minimum atomic E-state index is -0.222. The molecule has 76 valence electrons. The van der Waals surface area contributed by atoms with Crippen LogP contribution in [-0.2, 0) is 16.0 Å². The zero-order chi connectivity index (χ0) is 10.4. The van der Waals surface area contributed by atoms with Gasteiger partial charge in [0, 0.05) is 5.02 Å². The average Bonchev–Trinajstić information content (AvgIpc) is 2.18. The zero-order valence-electron chi connectivity index (χ0n) is 8.13. The molecule has 3 heteroatoms. The predicted molar refractivity (Wildman–Crippen MR) is 56.4 cm³/mol. The van der Waals surface area contributed by atoms with Crippen molar-refractivity contribution >= 4 is 17.6 Å². The quantitative estimate of drug-likeness (QED) is 0.718. The molecule has 0 spiro atoms. The van der Waals surface area contributed by atoms with Gasteiger partial charge in [0.25, 0.3) is 0 Å². The molecule has 0 N–H and O–H groups in total. The summed E-state index contributed by atoms with van der Waals surface area (Å²) in [6.45, 7) is 2.44. The van der Waals surface area contributed by atoms with Crippen molar-refractivity contribution in [2.45, 2.75) is 19.8 Å². The molecule has 0 radical (unpaired) electrons. The van der Waals surface area contributed by atoms with Crippen molar-refractivity contribution in [1.82, 2.24) is 0 Å². The van der Waals surface area contributed by atoms with Gasteiger partial charge in [-0.1, -0.05) is 36.7 Å². The third-order valence-corrected chi connectivity index (χ3v) is 2.13. The van der Waals surface area contributed by atoms with Crippen LogP contribution in [0.15, 0.2) is 24.3 Å². The van der Waals surface area contributed by atoms with E-state index in [0.717, 1.165) is 12.0 Å². The smallest absolute Gasteiger partial charge is 0.310 e. The first-order valence-corrected chi connectivity index (χ1v) is 5.01. The van der Waals surface area contributed by atoms with E-state index in [9.17, 15) is 4.79 Å². The van der Waals surface area contributed by atoms with E-state index in [1.165, 1.54) is 0 Å². The molecule has 0 saturated heterocycles. The number of benzene rings is 1. The van der Waals surface area contributed by atoms with Gasteiger partial charge >= 0.3 is 5.97 Å². The molecular weight excluding hydrogens is 200 g/mol. The molecule has 1 rings (SSSR count). The molecule has 0 aliphatic heterocycles. The summed E-state index contributed by atoms with van der Waals surface area (Å²) in [5.74, 6) is -0.222. The molecule has 0 bridgehead atoms. The van der Waals surface area contributed by atoms with Gasteiger partial charge in [-0.25, -0.2) is 0 Å². The van der Waals surface area contributed by atoms with Crippen LogP contribution in [0.1, 0.15) is 18.9 Å². The van der Waals surface area contributed by atoms with Crippen molar-refractivity contribution in [3.8, 4) is 0 Å². The van der Waals surface area contributed by atoms with Gasteiger partial charge in [0.2, 0.25) is 0 Å². The second kappa shape index (κ2) is 5.66. The summed E-state index contributed by atoms with van der Waals surface area (Å²) in [5.41, 5.74) is 0.815. The van der Waals surface area contributed by atoms with Gasteiger partial charge in [-0.3, -0.25) is 4.79 Å². The fourth-order valence-electron chi connectivity index (χ4n) is 1.06. The summed E-state index contributed by atoms with van der Waals surface area (Å²) in [6, 6.07) is 7.29. The molecule has 0 aromatic heterocycles. The van der Waals surface area contributed by atoms with Crippen molar-refractivity contribution in [2.24, 2.45) is 0 Å². The van der Waals surface area contributed by atoms with Crippen LogP contribution in [-0.4, -0.2) is 12.6 Å². The van der Waals surface area contributed by atoms with Gasteiger partial charge in [0.15, 0.2) is 0 Å². The van der Waals surface area contributed by atoms with Crippen LogP contribution >= 0.6 is 11.6 Å². The number of rotatable bonds is 4. The third-order valence-electron chi connectivity index (χ3n) is 1.76. The van der Waals surface area contributed by atoms with Gasteiger partial charge < -0.3 is 4.74 Å². The van der Waals surface area contributed by atoms with E-state index < -0.39 is 0 Å². The monoisotopic (exact) mass is 212 g/mol. The number of carbonyl (C=O) groups is 1. The van der Waals surface area contributed by atoms with Crippen molar-refractivity contribution in [1.29, 1.82) is 0 Å². The predicted octanol–water partition coefficient (Wildman–Crippen LogP) is 2.84. The summed E-state index contributed by atoms with van der Waals surface area (Å²) in [7, 11) is 0. The Morgan fingerprint density at radius 1 is 1.43 bits per heavy atom. The van der Waals surface area contributed by atoms with E-state index in [1.807, 2.05) is 25.1 Å². The Hall–Kier alpha value is -1.02. The molecule has 0 aliphatic carbocycles. The minimum absolute atomic E-state index is 0.222. The summed E-state index contributed by atoms with van der Waals surface area (Å²) >= 11 is 5.89. The first kappa shape index (κ1) is 11.1. The van der Waals surface area contributed by atoms with E-state index in [1.54, 1.807) is 6.07 Å². The number of halogens is 1. The van der Waals surface area contributed by atoms with E-state index in [2.05, 4.69) is 0 Å². The molecule has 14 heavy (non-hydrogen) atoms. The lowest BCUT2D eigenvalue weighted by Gasteiger charge is -2.04. The van der Waals surface area contributed by atoms with Crippen molar-refractivity contribution < 1.29 is 9.53 Å². The number of hydrogen-bond acceptors (Lipinski definition) is 2. The maximum Gasteiger partial charge on any atom is 0.310 e. The van der Waals surface area contributed by atoms with Crippen LogP contribution in [0.3, 0.4) is 0 Å². The number of ether oxygens (including phenoxy) is 1. The van der Waals surface area contributed by atoms with E-state index in [-0.39, 0.29) is 12.4 Å². The summed E-state index contributed by atoms with van der Waals surface area (Å²) in [4.78, 5) is 11.2. The van der Waals surface area contributed by atoms with Crippen LogP contribution in [0.2, 0.25) is 5.02 Å². The van der Waals surface area contributed by atoms with Gasteiger partial charge in [0.1, 0.15) is 0 Å². The Morgan fingerprint density at radius 2 is 2.14 bits per heavy atom. The van der Waals surface area contributed by atoms with Gasteiger partial charge in [-0.05, 0) is 18.1 Å². The standard InChI is InChI=1S/C11H13ClO2/c1-2-7-14-11(13)8-9-5-3-4-6-10(9)12/h3-6H,2,7-8H2,1H3. The molecule has 1 aromatic rings. The van der Waals surface area contributed by atoms with E-state index in [0.29, 0.717) is 11.6 Å². The highest BCUT2D eigenvalue weighted by Crippen LogP contribution is 2.15. The van der Waals surface area contributed by atoms with Crippen molar-refractivity contribution in [3.63, 3.8) is 0 Å². The highest BCUT2D eigenvalue weighted by molar-refractivity contribution is 6.31. The second-order valence-corrected chi connectivity index (χ2v) is 3.40. The Morgan fingerprint density at radius 3 is 2.79 bits per heavy atom. The van der Waals surface area contributed by atoms with Crippen LogP contribution in [0.4, 0.5) is 0 Å². The number of hydrogen-bond donors (Lipinski definition) is 0. The number of carbonyl (C=O) groups excluding carboxylic acids is 1. The fraction of sp³-hybridized carbons (Fsp3) is 0.364. The molecule has 0 amide bonds. The molecule has 0 fully saturated rings. The molecule has 0 atom stereocenters. The van der Waals surface area contributed by atoms with E-state index >= 15 is 0 Å². The molecule has 0 heterocycles. The van der Waals surface area contributed by atoms with Crippen molar-refractivity contribution in [3.05, 3.63) is 34.9 Å². The van der Waals surface area contributed by atoms with Gasteiger partial charge in [-0.15, -0.1) is 0 Å². The molecule has 2 nitrogen and oxygen atoms in total. The van der Waals surface area contributed by atoms with Crippen LogP contribution in [0.5, 0.6) is 0 Å². The lowest BCUT2D eigenvalue weighted by molar-refractivity contribution is -0.142. The summed E-state index contributed by atoms with van der Waals surface area (Å²) < 4.78 is 4.95. The minimum Gasteiger partial charge on any atom is -0.465 e. The topological polar surface area (TPSA) is 26.3 Å². The van der Waals surface area contributed by atoms with Crippen LogP contribution in [0, 0.1) is 0 Å². The first-order chi connectivity index (χ1) is 6.74. The van der Waals surface area contributed by atoms with Gasteiger partial charge in [-0.2, -0.15) is 0 Å². The normalized spacial score (nSPS) is 9.86. The molecule has 0 saturated carbocycles. The van der Waals surface area contributed by atoms with Crippen molar-refractivity contribution in [2.75, 3.05) is 6.61 Å². The highest BCUT2D eigenvalue weighted by atomic mass is 35.5. The van der Waals surface area contributed by atoms with Gasteiger partial charge in [0.05, 0.1) is 13.0 Å². The molecule has 1 aromatic carbocycles. The van der Waals surface area contributed by atoms with Crippen LogP contribution in [0.25, 0.3) is 0 Å². The average molecular weight is 213 g/mol. The Kier molecular flexibility index (Phi) is 4.47. The summed E-state index contributed by atoms with van der Waals surface area (Å²) in [5, 5.41) is 0.612.